The Balaban J connectivity index is 2.47. The van der Waals surface area contributed by atoms with Gasteiger partial charge in [0.05, 0.1) is 6.54 Å². The second-order valence-corrected chi connectivity index (χ2v) is 3.56. The SMILES string of the molecule is CC1Cn2c(nc([N+](=O)[O-])c2Br)O1. The zero-order chi connectivity index (χ0) is 9.59. The van der Waals surface area contributed by atoms with Crippen LogP contribution in [-0.2, 0) is 6.54 Å². The van der Waals surface area contributed by atoms with Crippen molar-refractivity contribution in [3.05, 3.63) is 14.7 Å². The number of nitrogens with zero attached hydrogens (tertiary/aromatic N) is 3. The molecule has 70 valence electrons. The molecule has 6 nitrogen and oxygen atoms in total. The summed E-state index contributed by atoms with van der Waals surface area (Å²) in [4.78, 5) is 13.6. The number of ether oxygens (including phenoxy) is 1. The molecule has 1 aliphatic rings. The monoisotopic (exact) mass is 247 g/mol. The summed E-state index contributed by atoms with van der Waals surface area (Å²) < 4.78 is 7.25. The zero-order valence-electron chi connectivity index (χ0n) is 6.73. The minimum Gasteiger partial charge on any atom is -0.441 e. The Kier molecular flexibility index (Phi) is 1.76. The molecule has 0 saturated carbocycles. The molecular formula is C6H6BrN3O3. The Morgan fingerprint density at radius 1 is 1.85 bits per heavy atom. The van der Waals surface area contributed by atoms with E-state index in [0.717, 1.165) is 0 Å². The van der Waals surface area contributed by atoms with Crippen LogP contribution >= 0.6 is 15.9 Å². The molecule has 2 rings (SSSR count). The van der Waals surface area contributed by atoms with Crippen LogP contribution in [0, 0.1) is 10.1 Å². The van der Waals surface area contributed by atoms with Crippen molar-refractivity contribution in [3.8, 4) is 6.01 Å². The second-order valence-electron chi connectivity index (χ2n) is 2.80. The Labute approximate surface area is 81.8 Å². The molecule has 0 bridgehead atoms. The van der Waals surface area contributed by atoms with Gasteiger partial charge in [-0.15, -0.1) is 0 Å². The third-order valence-corrected chi connectivity index (χ3v) is 2.56. The van der Waals surface area contributed by atoms with Crippen molar-refractivity contribution in [2.75, 3.05) is 0 Å². The molecule has 1 aromatic rings. The predicted molar refractivity (Wildman–Crippen MR) is 46.7 cm³/mol. The molecule has 7 heteroatoms. The smallest absolute Gasteiger partial charge is 0.415 e. The lowest BCUT2D eigenvalue weighted by Crippen LogP contribution is -2.09. The van der Waals surface area contributed by atoms with E-state index in [-0.39, 0.29) is 11.9 Å². The summed E-state index contributed by atoms with van der Waals surface area (Å²) in [5.74, 6) is -0.193. The highest BCUT2D eigenvalue weighted by Gasteiger charge is 2.33. The molecule has 0 spiro atoms. The van der Waals surface area contributed by atoms with Gasteiger partial charge >= 0.3 is 11.8 Å². The number of fused-ring (bicyclic) bond motifs is 1. The summed E-state index contributed by atoms with van der Waals surface area (Å²) in [6, 6.07) is 0.311. The number of imidazole rings is 1. The lowest BCUT2D eigenvalue weighted by atomic mass is 10.4. The molecule has 0 saturated heterocycles. The summed E-state index contributed by atoms with van der Waals surface area (Å²) in [5.41, 5.74) is 0. The van der Waals surface area contributed by atoms with Gasteiger partial charge in [0.15, 0.2) is 4.60 Å². The number of hydrogen-bond acceptors (Lipinski definition) is 4. The average molecular weight is 248 g/mol. The maximum atomic E-state index is 10.5. The Bertz CT molecular complexity index is 375. The number of rotatable bonds is 1. The fourth-order valence-corrected chi connectivity index (χ4v) is 1.77. The van der Waals surface area contributed by atoms with E-state index in [0.29, 0.717) is 17.2 Å². The van der Waals surface area contributed by atoms with Crippen LogP contribution in [0.3, 0.4) is 0 Å². The number of nitro groups is 1. The van der Waals surface area contributed by atoms with Gasteiger partial charge in [0.1, 0.15) is 6.10 Å². The maximum Gasteiger partial charge on any atom is 0.415 e. The van der Waals surface area contributed by atoms with Gasteiger partial charge in [-0.1, -0.05) is 0 Å². The van der Waals surface area contributed by atoms with Gasteiger partial charge in [0.25, 0.3) is 0 Å². The summed E-state index contributed by atoms with van der Waals surface area (Å²) >= 11 is 3.11. The van der Waals surface area contributed by atoms with Crippen molar-refractivity contribution >= 4 is 21.7 Å². The first-order valence-corrected chi connectivity index (χ1v) is 4.46. The average Bonchev–Trinajstić information content (AvgIpc) is 2.51. The summed E-state index contributed by atoms with van der Waals surface area (Å²) in [6.45, 7) is 2.48. The second kappa shape index (κ2) is 2.69. The van der Waals surface area contributed by atoms with Crippen LogP contribution in [0.25, 0.3) is 0 Å². The van der Waals surface area contributed by atoms with E-state index in [1.54, 1.807) is 4.57 Å². The van der Waals surface area contributed by atoms with Crippen LogP contribution in [-0.4, -0.2) is 20.6 Å². The van der Waals surface area contributed by atoms with Crippen LogP contribution in [0.5, 0.6) is 6.01 Å². The topological polar surface area (TPSA) is 70.2 Å². The van der Waals surface area contributed by atoms with Crippen molar-refractivity contribution in [3.63, 3.8) is 0 Å². The largest absolute Gasteiger partial charge is 0.441 e. The summed E-state index contributed by atoms with van der Waals surface area (Å²) in [5, 5.41) is 10.5. The third-order valence-electron chi connectivity index (χ3n) is 1.77. The predicted octanol–water partition coefficient (Wildman–Crippen LogP) is 1.33. The molecule has 0 N–H and O–H groups in total. The quantitative estimate of drug-likeness (QED) is 0.555. The number of hydrogen-bond donors (Lipinski definition) is 0. The fraction of sp³-hybridized carbons (Fsp3) is 0.500. The Hall–Kier alpha value is -1.11. The van der Waals surface area contributed by atoms with E-state index in [4.69, 9.17) is 4.74 Å². The fourth-order valence-electron chi connectivity index (χ4n) is 1.24. The molecule has 1 aliphatic heterocycles. The van der Waals surface area contributed by atoms with Crippen LogP contribution in [0.4, 0.5) is 5.82 Å². The molecular weight excluding hydrogens is 242 g/mol. The molecule has 1 atom stereocenters. The minimum atomic E-state index is -0.538. The third kappa shape index (κ3) is 1.19. The van der Waals surface area contributed by atoms with Crippen molar-refractivity contribution in [1.82, 2.24) is 9.55 Å². The lowest BCUT2D eigenvalue weighted by Gasteiger charge is -1.97. The standard InChI is InChI=1S/C6H6BrN3O3/c1-3-2-9-4(7)5(10(11)12)8-6(9)13-3/h3H,2H2,1H3. The van der Waals surface area contributed by atoms with E-state index < -0.39 is 4.92 Å². The normalized spacial score (nSPS) is 19.7. The van der Waals surface area contributed by atoms with Crippen LogP contribution in [0.2, 0.25) is 0 Å². The van der Waals surface area contributed by atoms with Crippen molar-refractivity contribution in [1.29, 1.82) is 0 Å². The molecule has 0 aliphatic carbocycles. The van der Waals surface area contributed by atoms with E-state index in [2.05, 4.69) is 20.9 Å². The van der Waals surface area contributed by atoms with Gasteiger partial charge in [0, 0.05) is 4.98 Å². The molecule has 0 aromatic carbocycles. The highest BCUT2D eigenvalue weighted by atomic mass is 79.9. The van der Waals surface area contributed by atoms with Gasteiger partial charge in [-0.05, 0) is 27.8 Å². The highest BCUT2D eigenvalue weighted by molar-refractivity contribution is 9.10. The Morgan fingerprint density at radius 3 is 3.08 bits per heavy atom. The van der Waals surface area contributed by atoms with Crippen LogP contribution in [0.15, 0.2) is 4.60 Å². The van der Waals surface area contributed by atoms with Crippen LogP contribution in [0.1, 0.15) is 6.92 Å². The van der Waals surface area contributed by atoms with Crippen molar-refractivity contribution < 1.29 is 9.66 Å². The van der Waals surface area contributed by atoms with E-state index >= 15 is 0 Å². The number of aromatic nitrogens is 2. The molecule has 0 radical (unpaired) electrons. The van der Waals surface area contributed by atoms with Crippen LogP contribution < -0.4 is 4.74 Å². The molecule has 13 heavy (non-hydrogen) atoms. The molecule has 1 unspecified atom stereocenters. The molecule has 1 aromatic heterocycles. The highest BCUT2D eigenvalue weighted by Crippen LogP contribution is 2.33. The summed E-state index contributed by atoms with van der Waals surface area (Å²) in [7, 11) is 0. The first-order valence-electron chi connectivity index (χ1n) is 3.66. The first-order chi connectivity index (χ1) is 6.09. The summed E-state index contributed by atoms with van der Waals surface area (Å²) in [6.07, 6.45) is 0.0274. The van der Waals surface area contributed by atoms with E-state index in [1.165, 1.54) is 0 Å². The molecule has 2 heterocycles. The molecule has 0 amide bonds. The van der Waals surface area contributed by atoms with Gasteiger partial charge in [-0.2, -0.15) is 0 Å². The molecule has 0 fully saturated rings. The van der Waals surface area contributed by atoms with Crippen molar-refractivity contribution in [2.24, 2.45) is 0 Å². The maximum absolute atomic E-state index is 10.5. The van der Waals surface area contributed by atoms with Gasteiger partial charge in [-0.25, -0.2) is 0 Å². The van der Waals surface area contributed by atoms with E-state index in [9.17, 15) is 10.1 Å². The van der Waals surface area contributed by atoms with Gasteiger partial charge in [-0.3, -0.25) is 4.57 Å². The van der Waals surface area contributed by atoms with Crippen molar-refractivity contribution in [2.45, 2.75) is 19.6 Å². The number of halogens is 1. The first kappa shape index (κ1) is 8.49. The zero-order valence-corrected chi connectivity index (χ0v) is 8.31. The van der Waals surface area contributed by atoms with E-state index in [1.807, 2.05) is 6.92 Å². The van der Waals surface area contributed by atoms with Gasteiger partial charge in [0.2, 0.25) is 0 Å². The lowest BCUT2D eigenvalue weighted by molar-refractivity contribution is -0.390. The van der Waals surface area contributed by atoms with Gasteiger partial charge < -0.3 is 14.9 Å². The minimum absolute atomic E-state index is 0.0274. The Morgan fingerprint density at radius 2 is 2.54 bits per heavy atom.